The van der Waals surface area contributed by atoms with Crippen LogP contribution in [0.15, 0.2) is 47.3 Å². The predicted molar refractivity (Wildman–Crippen MR) is 145 cm³/mol. The number of aromatic nitrogens is 2. The lowest BCUT2D eigenvalue weighted by Gasteiger charge is -2.15. The number of thiazole rings is 2. The molecule has 0 saturated carbocycles. The Kier molecular flexibility index (Phi) is 6.71. The van der Waals surface area contributed by atoms with Gasteiger partial charge < -0.3 is 0 Å². The Morgan fingerprint density at radius 3 is 2.57 bits per heavy atom. The number of benzene rings is 2. The molecule has 0 radical (unpaired) electrons. The number of nitrogens with zero attached hydrogens (tertiary/aromatic N) is 3. The van der Waals surface area contributed by atoms with E-state index in [4.69, 9.17) is 0 Å². The summed E-state index contributed by atoms with van der Waals surface area (Å²) in [5.74, 6) is -0.129. The molecular weight excluding hydrogens is 474 g/mol. The number of para-hydroxylation sites is 1. The van der Waals surface area contributed by atoms with E-state index in [9.17, 15) is 9.59 Å². The number of rotatable bonds is 5. The van der Waals surface area contributed by atoms with Crippen molar-refractivity contribution in [3.63, 3.8) is 0 Å². The normalized spacial score (nSPS) is 14.5. The van der Waals surface area contributed by atoms with Crippen molar-refractivity contribution in [2.75, 3.05) is 4.90 Å². The molecule has 0 N–H and O–H groups in total. The lowest BCUT2D eigenvalue weighted by atomic mass is 9.91. The first-order valence-electron chi connectivity index (χ1n) is 12.3. The van der Waals surface area contributed by atoms with Crippen LogP contribution in [-0.2, 0) is 30.7 Å². The maximum atomic E-state index is 13.3. The van der Waals surface area contributed by atoms with Crippen molar-refractivity contribution in [1.82, 2.24) is 4.57 Å². The zero-order valence-electron chi connectivity index (χ0n) is 20.4. The minimum Gasteiger partial charge on any atom is -0.299 e. The van der Waals surface area contributed by atoms with Crippen LogP contribution in [0.1, 0.15) is 49.7 Å². The molecular formula is C28H30N3O2S2+. The molecule has 0 unspecified atom stereocenters. The molecule has 7 heteroatoms. The molecule has 5 rings (SSSR count). The van der Waals surface area contributed by atoms with Gasteiger partial charge in [0.15, 0.2) is 0 Å². The second-order valence-electron chi connectivity index (χ2n) is 8.80. The van der Waals surface area contributed by atoms with Crippen molar-refractivity contribution in [2.24, 2.45) is 0 Å². The van der Waals surface area contributed by atoms with Crippen LogP contribution in [0.4, 0.5) is 5.69 Å². The van der Waals surface area contributed by atoms with E-state index in [0.29, 0.717) is 11.1 Å². The summed E-state index contributed by atoms with van der Waals surface area (Å²) in [6, 6.07) is 14.0. The number of carbonyl (C=O) groups is 1. The van der Waals surface area contributed by atoms with Crippen molar-refractivity contribution >= 4 is 56.8 Å². The standard InChI is InChI=1S/C28H30N3O2S2/c1-4-29-23-16-15-20-11-9-10-14-22(20)27(23)35-25(29)17-26-30(5-2)28(33)24(34-26)18-31(19(3)32)21-12-7-6-8-13-21/h6-8,12-13,15-18H,4-5,9-11,14H2,1-3H3/q+1/b24-18+. The van der Waals surface area contributed by atoms with Crippen LogP contribution in [0.2, 0.25) is 0 Å². The number of hydrogen-bond donors (Lipinski definition) is 0. The van der Waals surface area contributed by atoms with E-state index in [1.807, 2.05) is 48.6 Å². The van der Waals surface area contributed by atoms with Crippen molar-refractivity contribution < 1.29 is 9.36 Å². The maximum absolute atomic E-state index is 13.3. The highest BCUT2D eigenvalue weighted by Gasteiger charge is 2.23. The minimum atomic E-state index is -0.129. The van der Waals surface area contributed by atoms with E-state index in [-0.39, 0.29) is 11.5 Å². The Bertz CT molecular complexity index is 1580. The van der Waals surface area contributed by atoms with Crippen LogP contribution >= 0.6 is 22.7 Å². The molecule has 1 aliphatic carbocycles. The van der Waals surface area contributed by atoms with Gasteiger partial charge in [0.2, 0.25) is 11.4 Å². The van der Waals surface area contributed by atoms with Crippen LogP contribution in [0, 0.1) is 0 Å². The molecule has 1 amide bonds. The second-order valence-corrected chi connectivity index (χ2v) is 10.9. The molecule has 0 atom stereocenters. The smallest absolute Gasteiger partial charge is 0.270 e. The monoisotopic (exact) mass is 504 g/mol. The van der Waals surface area contributed by atoms with E-state index < -0.39 is 0 Å². The van der Waals surface area contributed by atoms with Gasteiger partial charge in [0.05, 0.1) is 6.08 Å². The van der Waals surface area contributed by atoms with E-state index in [1.165, 1.54) is 58.9 Å². The van der Waals surface area contributed by atoms with Gasteiger partial charge >= 0.3 is 0 Å². The summed E-state index contributed by atoms with van der Waals surface area (Å²) in [6.45, 7) is 7.13. The fourth-order valence-electron chi connectivity index (χ4n) is 4.91. The summed E-state index contributed by atoms with van der Waals surface area (Å²) >= 11 is 3.27. The Morgan fingerprint density at radius 1 is 1.09 bits per heavy atom. The van der Waals surface area contributed by atoms with Gasteiger partial charge in [-0.2, -0.15) is 4.57 Å². The van der Waals surface area contributed by atoms with Crippen molar-refractivity contribution in [1.29, 1.82) is 0 Å². The third kappa shape index (κ3) is 4.39. The number of aryl methyl sites for hydroxylation is 3. The minimum absolute atomic E-state index is 0.0625. The molecule has 0 bridgehead atoms. The second kappa shape index (κ2) is 9.91. The van der Waals surface area contributed by atoms with Gasteiger partial charge in [-0.1, -0.05) is 35.6 Å². The van der Waals surface area contributed by atoms with Gasteiger partial charge in [0.25, 0.3) is 10.6 Å². The van der Waals surface area contributed by atoms with Gasteiger partial charge in [0.1, 0.15) is 20.4 Å². The van der Waals surface area contributed by atoms with Crippen LogP contribution < -0.4 is 24.2 Å². The molecule has 2 aromatic heterocycles. The van der Waals surface area contributed by atoms with Gasteiger partial charge in [-0.3, -0.25) is 19.1 Å². The lowest BCUT2D eigenvalue weighted by Crippen LogP contribution is -2.35. The average molecular weight is 505 g/mol. The number of amides is 1. The molecule has 35 heavy (non-hydrogen) atoms. The van der Waals surface area contributed by atoms with E-state index >= 15 is 0 Å². The number of fused-ring (bicyclic) bond motifs is 3. The highest BCUT2D eigenvalue weighted by molar-refractivity contribution is 7.19. The molecule has 1 aliphatic rings. The highest BCUT2D eigenvalue weighted by atomic mass is 32.1. The number of carbonyl (C=O) groups excluding carboxylic acids is 1. The Balaban J connectivity index is 1.69. The topological polar surface area (TPSA) is 46.2 Å². The van der Waals surface area contributed by atoms with Crippen LogP contribution in [-0.4, -0.2) is 10.5 Å². The number of hydrogen-bond acceptors (Lipinski definition) is 4. The highest BCUT2D eigenvalue weighted by Crippen LogP contribution is 2.32. The predicted octanol–water partition coefficient (Wildman–Crippen LogP) is 3.95. The van der Waals surface area contributed by atoms with E-state index in [0.717, 1.165) is 28.3 Å². The van der Waals surface area contributed by atoms with Gasteiger partial charge in [-0.05, 0) is 62.8 Å². The quantitative estimate of drug-likeness (QED) is 0.387. The summed E-state index contributed by atoms with van der Waals surface area (Å²) in [7, 11) is 0. The zero-order valence-corrected chi connectivity index (χ0v) is 22.0. The van der Waals surface area contributed by atoms with Crippen LogP contribution in [0.25, 0.3) is 22.5 Å². The van der Waals surface area contributed by atoms with E-state index in [2.05, 4.69) is 29.7 Å². The molecule has 5 nitrogen and oxygen atoms in total. The Hall–Kier alpha value is -3.03. The van der Waals surface area contributed by atoms with Gasteiger partial charge in [0, 0.05) is 31.4 Å². The third-order valence-corrected chi connectivity index (χ3v) is 8.91. The third-order valence-electron chi connectivity index (χ3n) is 6.66. The van der Waals surface area contributed by atoms with Gasteiger partial charge in [-0.25, -0.2) is 0 Å². The van der Waals surface area contributed by atoms with E-state index in [1.54, 1.807) is 15.7 Å². The molecule has 2 aromatic carbocycles. The summed E-state index contributed by atoms with van der Waals surface area (Å²) in [5.41, 5.74) is 4.97. The van der Waals surface area contributed by atoms with Crippen molar-refractivity contribution in [2.45, 2.75) is 59.5 Å². The molecule has 2 heterocycles. The fourth-order valence-corrected chi connectivity index (χ4v) is 7.42. The van der Waals surface area contributed by atoms with Crippen LogP contribution in [0.5, 0.6) is 0 Å². The molecule has 0 aliphatic heterocycles. The van der Waals surface area contributed by atoms with Gasteiger partial charge in [-0.15, -0.1) is 11.3 Å². The fraction of sp³-hybridized carbons (Fsp3) is 0.321. The molecule has 0 fully saturated rings. The largest absolute Gasteiger partial charge is 0.299 e. The van der Waals surface area contributed by atoms with Crippen LogP contribution in [0.3, 0.4) is 0 Å². The maximum Gasteiger partial charge on any atom is 0.270 e. The molecule has 4 aromatic rings. The first-order valence-corrected chi connectivity index (χ1v) is 13.9. The van der Waals surface area contributed by atoms with Crippen molar-refractivity contribution in [3.05, 3.63) is 78.1 Å². The molecule has 0 spiro atoms. The van der Waals surface area contributed by atoms with Crippen molar-refractivity contribution in [3.8, 4) is 0 Å². The summed E-state index contributed by atoms with van der Waals surface area (Å²) < 4.78 is 7.01. The average Bonchev–Trinajstić information content (AvgIpc) is 3.38. The first-order chi connectivity index (χ1) is 17.0. The summed E-state index contributed by atoms with van der Waals surface area (Å²) in [4.78, 5) is 27.2. The molecule has 0 saturated heterocycles. The Labute approximate surface area is 212 Å². The summed E-state index contributed by atoms with van der Waals surface area (Å²) in [5, 5.41) is 1.16. The number of anilines is 1. The zero-order chi connectivity index (χ0) is 24.5. The lowest BCUT2D eigenvalue weighted by molar-refractivity contribution is -0.665. The summed E-state index contributed by atoms with van der Waals surface area (Å²) in [6.07, 6.45) is 8.67. The SMILES string of the molecule is CCn1c(=O)/c(=C\N(C(C)=O)c2ccccc2)s/c1=C\c1sc2c3c(ccc2[n+]1CC)CCCC3. The Morgan fingerprint density at radius 2 is 1.86 bits per heavy atom. The molecule has 180 valence electrons. The first kappa shape index (κ1) is 23.7.